The number of rotatable bonds is 5. The van der Waals surface area contributed by atoms with Crippen LogP contribution in [0.2, 0.25) is 0 Å². The van der Waals surface area contributed by atoms with Crippen LogP contribution in [0, 0.1) is 5.92 Å². The zero-order valence-corrected chi connectivity index (χ0v) is 12.1. The van der Waals surface area contributed by atoms with Gasteiger partial charge in [0.25, 0.3) is 0 Å². The Morgan fingerprint density at radius 3 is 2.72 bits per heavy atom. The molecule has 98 valence electrons. The molecule has 2 aromatic rings. The topological polar surface area (TPSA) is 54.7 Å². The molecule has 0 aromatic carbocycles. The lowest BCUT2D eigenvalue weighted by molar-refractivity contribution is 0.487. The molecule has 1 unspecified atom stereocenters. The van der Waals surface area contributed by atoms with E-state index in [0.717, 1.165) is 17.9 Å². The van der Waals surface area contributed by atoms with Crippen molar-refractivity contribution in [2.75, 3.05) is 6.54 Å². The number of hydrogen-bond donors (Lipinski definition) is 2. The van der Waals surface area contributed by atoms with E-state index in [-0.39, 0.29) is 0 Å². The Bertz CT molecular complexity index is 499. The molecular weight excluding hydrogens is 242 g/mol. The summed E-state index contributed by atoms with van der Waals surface area (Å²) < 4.78 is 0. The van der Waals surface area contributed by atoms with Crippen LogP contribution in [0.5, 0.6) is 0 Å². The molecule has 0 aliphatic rings. The van der Waals surface area contributed by atoms with Gasteiger partial charge in [-0.1, -0.05) is 20.8 Å². The van der Waals surface area contributed by atoms with Crippen molar-refractivity contribution in [2.45, 2.75) is 33.1 Å². The molecule has 3 N–H and O–H groups in total. The van der Waals surface area contributed by atoms with Crippen molar-refractivity contribution in [3.05, 3.63) is 29.0 Å². The summed E-state index contributed by atoms with van der Waals surface area (Å²) in [5.41, 5.74) is 6.93. The van der Waals surface area contributed by atoms with Crippen LogP contribution in [0.15, 0.2) is 18.3 Å². The molecule has 0 radical (unpaired) electrons. The number of aromatic nitrogens is 2. The summed E-state index contributed by atoms with van der Waals surface area (Å²) in [6.07, 6.45) is 3.01. The number of hydrogen-bond acceptors (Lipinski definition) is 3. The highest BCUT2D eigenvalue weighted by atomic mass is 32.1. The molecule has 0 aliphatic heterocycles. The summed E-state index contributed by atoms with van der Waals surface area (Å²) in [5, 5.41) is 0. The van der Waals surface area contributed by atoms with Crippen LogP contribution in [0.1, 0.15) is 37.4 Å². The molecule has 0 amide bonds. The quantitative estimate of drug-likeness (QED) is 0.868. The minimum atomic E-state index is 0.310. The van der Waals surface area contributed by atoms with Gasteiger partial charge in [-0.3, -0.25) is 0 Å². The molecule has 0 saturated heterocycles. The van der Waals surface area contributed by atoms with Gasteiger partial charge in [0, 0.05) is 17.3 Å². The number of nitrogens with two attached hydrogens (primary N) is 1. The van der Waals surface area contributed by atoms with Crippen LogP contribution in [0.4, 0.5) is 0 Å². The second-order valence-electron chi connectivity index (χ2n) is 4.89. The van der Waals surface area contributed by atoms with Crippen molar-refractivity contribution in [3.8, 4) is 10.6 Å². The fourth-order valence-corrected chi connectivity index (χ4v) is 2.98. The minimum Gasteiger partial charge on any atom is -0.341 e. The summed E-state index contributed by atoms with van der Waals surface area (Å²) in [6, 6.07) is 4.34. The average Bonchev–Trinajstić information content (AvgIpc) is 2.96. The number of H-pyrrole nitrogens is 1. The monoisotopic (exact) mass is 263 g/mol. The molecule has 3 nitrogen and oxygen atoms in total. The fraction of sp³-hybridized carbons (Fsp3) is 0.500. The van der Waals surface area contributed by atoms with Crippen molar-refractivity contribution in [1.82, 2.24) is 9.97 Å². The Morgan fingerprint density at radius 2 is 2.17 bits per heavy atom. The van der Waals surface area contributed by atoms with E-state index in [4.69, 9.17) is 5.73 Å². The first kappa shape index (κ1) is 13.3. The predicted molar refractivity (Wildman–Crippen MR) is 77.9 cm³/mol. The zero-order chi connectivity index (χ0) is 13.1. The maximum Gasteiger partial charge on any atom is 0.111 e. The molecular formula is C14H21N3S. The largest absolute Gasteiger partial charge is 0.341 e. The SMILES string of the molecule is CCc1ccc(-c2cnc(C(CN)C(C)C)[nH]2)s1. The average molecular weight is 263 g/mol. The van der Waals surface area contributed by atoms with E-state index in [1.807, 2.05) is 17.5 Å². The van der Waals surface area contributed by atoms with Crippen LogP contribution < -0.4 is 5.73 Å². The van der Waals surface area contributed by atoms with E-state index in [9.17, 15) is 0 Å². The van der Waals surface area contributed by atoms with Gasteiger partial charge in [0.2, 0.25) is 0 Å². The molecule has 18 heavy (non-hydrogen) atoms. The van der Waals surface area contributed by atoms with Gasteiger partial charge in [-0.25, -0.2) is 4.98 Å². The number of nitrogens with zero attached hydrogens (tertiary/aromatic N) is 1. The maximum atomic E-state index is 5.82. The number of aromatic amines is 1. The molecule has 2 heterocycles. The first-order valence-electron chi connectivity index (χ1n) is 6.49. The van der Waals surface area contributed by atoms with E-state index < -0.39 is 0 Å². The molecule has 0 spiro atoms. The van der Waals surface area contributed by atoms with Gasteiger partial charge in [-0.15, -0.1) is 11.3 Å². The molecule has 2 rings (SSSR count). The molecule has 0 aliphatic carbocycles. The highest BCUT2D eigenvalue weighted by molar-refractivity contribution is 7.15. The highest BCUT2D eigenvalue weighted by Crippen LogP contribution is 2.29. The van der Waals surface area contributed by atoms with Crippen molar-refractivity contribution in [3.63, 3.8) is 0 Å². The van der Waals surface area contributed by atoms with E-state index in [0.29, 0.717) is 18.4 Å². The second-order valence-corrected chi connectivity index (χ2v) is 6.06. The van der Waals surface area contributed by atoms with Crippen molar-refractivity contribution >= 4 is 11.3 Å². The zero-order valence-electron chi connectivity index (χ0n) is 11.2. The minimum absolute atomic E-state index is 0.310. The van der Waals surface area contributed by atoms with Gasteiger partial charge < -0.3 is 10.7 Å². The third-order valence-corrected chi connectivity index (χ3v) is 4.54. The van der Waals surface area contributed by atoms with E-state index in [1.54, 1.807) is 0 Å². The summed E-state index contributed by atoms with van der Waals surface area (Å²) in [6.45, 7) is 7.17. The van der Waals surface area contributed by atoms with Gasteiger partial charge in [-0.2, -0.15) is 0 Å². The van der Waals surface area contributed by atoms with Gasteiger partial charge in [-0.05, 0) is 24.5 Å². The van der Waals surface area contributed by atoms with E-state index in [1.165, 1.54) is 9.75 Å². The molecule has 2 aromatic heterocycles. The normalized spacial score (nSPS) is 13.2. The van der Waals surface area contributed by atoms with Crippen LogP contribution >= 0.6 is 11.3 Å². The van der Waals surface area contributed by atoms with Gasteiger partial charge in [0.1, 0.15) is 5.82 Å². The standard InChI is InChI=1S/C14H21N3S/c1-4-10-5-6-13(18-10)12-8-16-14(17-12)11(7-15)9(2)3/h5-6,8-9,11H,4,7,15H2,1-3H3,(H,16,17). The maximum absolute atomic E-state index is 5.82. The highest BCUT2D eigenvalue weighted by Gasteiger charge is 2.18. The van der Waals surface area contributed by atoms with E-state index in [2.05, 4.69) is 42.9 Å². The Kier molecular flexibility index (Phi) is 4.19. The van der Waals surface area contributed by atoms with Crippen molar-refractivity contribution < 1.29 is 0 Å². The first-order chi connectivity index (χ1) is 8.65. The Balaban J connectivity index is 2.24. The smallest absolute Gasteiger partial charge is 0.111 e. The Morgan fingerprint density at radius 1 is 1.39 bits per heavy atom. The fourth-order valence-electron chi connectivity index (χ4n) is 2.06. The summed E-state index contributed by atoms with van der Waals surface area (Å²) in [4.78, 5) is 10.6. The molecule has 1 atom stereocenters. The molecule has 0 fully saturated rings. The number of thiophene rings is 1. The van der Waals surface area contributed by atoms with Crippen LogP contribution in [0.25, 0.3) is 10.6 Å². The lowest BCUT2D eigenvalue weighted by Crippen LogP contribution is -2.18. The predicted octanol–water partition coefficient (Wildman–Crippen LogP) is 3.40. The van der Waals surface area contributed by atoms with Gasteiger partial charge in [0.15, 0.2) is 0 Å². The van der Waals surface area contributed by atoms with Crippen LogP contribution in [-0.2, 0) is 6.42 Å². The first-order valence-corrected chi connectivity index (χ1v) is 7.31. The Labute approximate surface area is 112 Å². The Hall–Kier alpha value is -1.13. The molecule has 0 saturated carbocycles. The second kappa shape index (κ2) is 5.67. The van der Waals surface area contributed by atoms with Crippen molar-refractivity contribution in [2.24, 2.45) is 11.7 Å². The number of nitrogens with one attached hydrogen (secondary N) is 1. The molecule has 4 heteroatoms. The van der Waals surface area contributed by atoms with E-state index >= 15 is 0 Å². The summed E-state index contributed by atoms with van der Waals surface area (Å²) in [7, 11) is 0. The third-order valence-electron chi connectivity index (χ3n) is 3.28. The summed E-state index contributed by atoms with van der Waals surface area (Å²) in [5.74, 6) is 1.82. The van der Waals surface area contributed by atoms with Gasteiger partial charge in [0.05, 0.1) is 16.8 Å². The third kappa shape index (κ3) is 2.65. The van der Waals surface area contributed by atoms with Gasteiger partial charge >= 0.3 is 0 Å². The van der Waals surface area contributed by atoms with Crippen LogP contribution in [-0.4, -0.2) is 16.5 Å². The number of imidazole rings is 1. The number of aryl methyl sites for hydroxylation is 1. The summed E-state index contributed by atoms with van der Waals surface area (Å²) >= 11 is 1.82. The lowest BCUT2D eigenvalue weighted by Gasteiger charge is -2.15. The lowest BCUT2D eigenvalue weighted by atomic mass is 9.95. The van der Waals surface area contributed by atoms with Crippen molar-refractivity contribution in [1.29, 1.82) is 0 Å². The molecule has 0 bridgehead atoms. The van der Waals surface area contributed by atoms with Crippen LogP contribution in [0.3, 0.4) is 0 Å².